The van der Waals surface area contributed by atoms with Crippen LogP contribution in [0.5, 0.6) is 0 Å². The van der Waals surface area contributed by atoms with E-state index < -0.39 is 10.0 Å². The lowest BCUT2D eigenvalue weighted by molar-refractivity contribution is -0.132. The van der Waals surface area contributed by atoms with Gasteiger partial charge >= 0.3 is 0 Å². The fraction of sp³-hybridized carbons (Fsp3) is 0.538. The van der Waals surface area contributed by atoms with E-state index in [1.807, 2.05) is 30.0 Å². The summed E-state index contributed by atoms with van der Waals surface area (Å²) in [6.07, 6.45) is 7.69. The van der Waals surface area contributed by atoms with Gasteiger partial charge in [-0.3, -0.25) is 9.59 Å². The molecule has 0 spiro atoms. The molecule has 4 rings (SSSR count). The van der Waals surface area contributed by atoms with Crippen LogP contribution in [0.3, 0.4) is 0 Å². The van der Waals surface area contributed by atoms with Crippen molar-refractivity contribution in [1.82, 2.24) is 9.62 Å². The first kappa shape index (κ1) is 24.7. The molecular formula is C26H35N3O4S. The average molecular weight is 486 g/mol. The molecule has 2 aromatic rings. The molecule has 0 aromatic heterocycles. The molecule has 1 aliphatic carbocycles. The maximum absolute atomic E-state index is 13.3. The number of nitrogens with one attached hydrogen (secondary N) is 2. The quantitative estimate of drug-likeness (QED) is 0.607. The Labute approximate surface area is 202 Å². The van der Waals surface area contributed by atoms with Gasteiger partial charge in [0.05, 0.1) is 4.90 Å². The molecule has 34 heavy (non-hydrogen) atoms. The number of nitrogens with zero attached hydrogens (tertiary/aromatic N) is 1. The number of hydrogen-bond donors (Lipinski definition) is 2. The number of anilines is 1. The summed E-state index contributed by atoms with van der Waals surface area (Å²) in [5.74, 6) is 0.177. The summed E-state index contributed by atoms with van der Waals surface area (Å²) in [5, 5.41) is 4.36. The summed E-state index contributed by atoms with van der Waals surface area (Å²) in [6, 6.07) is 10.4. The molecule has 1 aliphatic heterocycles. The average Bonchev–Trinajstić information content (AvgIpc) is 2.85. The topological polar surface area (TPSA) is 95.6 Å². The Kier molecular flexibility index (Phi) is 7.88. The van der Waals surface area contributed by atoms with E-state index in [2.05, 4.69) is 10.0 Å². The first-order valence-electron chi connectivity index (χ1n) is 12.5. The third-order valence-corrected chi connectivity index (χ3v) is 8.62. The zero-order valence-electron chi connectivity index (χ0n) is 19.9. The van der Waals surface area contributed by atoms with Crippen LogP contribution in [-0.4, -0.2) is 44.3 Å². The Bertz CT molecular complexity index is 1130. The Morgan fingerprint density at radius 3 is 2.29 bits per heavy atom. The zero-order chi connectivity index (χ0) is 24.1. The van der Waals surface area contributed by atoms with Crippen molar-refractivity contribution in [3.05, 3.63) is 36.4 Å². The number of carbonyl (C=O) groups is 2. The molecule has 2 aliphatic rings. The van der Waals surface area contributed by atoms with Crippen molar-refractivity contribution >= 4 is 38.3 Å². The second kappa shape index (κ2) is 10.9. The fourth-order valence-electron chi connectivity index (χ4n) is 5.12. The normalized spacial score (nSPS) is 18.2. The van der Waals surface area contributed by atoms with Crippen LogP contribution in [0.1, 0.15) is 64.7 Å². The maximum Gasteiger partial charge on any atom is 0.241 e. The maximum atomic E-state index is 13.3. The van der Waals surface area contributed by atoms with E-state index in [1.54, 1.807) is 18.2 Å². The van der Waals surface area contributed by atoms with Crippen LogP contribution < -0.4 is 10.0 Å². The van der Waals surface area contributed by atoms with E-state index in [-0.39, 0.29) is 28.7 Å². The second-order valence-corrected chi connectivity index (χ2v) is 11.2. The van der Waals surface area contributed by atoms with Crippen molar-refractivity contribution in [2.24, 2.45) is 5.92 Å². The molecule has 2 N–H and O–H groups in total. The van der Waals surface area contributed by atoms with Crippen LogP contribution in [0, 0.1) is 5.92 Å². The Balaban J connectivity index is 1.50. The van der Waals surface area contributed by atoms with Crippen molar-refractivity contribution in [2.45, 2.75) is 75.6 Å². The molecule has 1 heterocycles. The molecule has 184 valence electrons. The number of rotatable bonds is 7. The molecule has 2 amide bonds. The lowest BCUT2D eigenvalue weighted by atomic mass is 9.88. The van der Waals surface area contributed by atoms with Crippen molar-refractivity contribution in [2.75, 3.05) is 18.4 Å². The van der Waals surface area contributed by atoms with E-state index >= 15 is 0 Å². The van der Waals surface area contributed by atoms with E-state index in [0.717, 1.165) is 37.5 Å². The molecule has 7 nitrogen and oxygen atoms in total. The van der Waals surface area contributed by atoms with Crippen molar-refractivity contribution in [3.63, 3.8) is 0 Å². The van der Waals surface area contributed by atoms with Gasteiger partial charge in [0.15, 0.2) is 0 Å². The van der Waals surface area contributed by atoms with Gasteiger partial charge in [0.2, 0.25) is 21.8 Å². The minimum atomic E-state index is -3.77. The third kappa shape index (κ3) is 5.61. The van der Waals surface area contributed by atoms with Crippen LogP contribution in [0.2, 0.25) is 0 Å². The molecule has 2 fully saturated rings. The van der Waals surface area contributed by atoms with Crippen molar-refractivity contribution in [1.29, 1.82) is 0 Å². The predicted octanol–water partition coefficient (Wildman–Crippen LogP) is 4.43. The summed E-state index contributed by atoms with van der Waals surface area (Å²) in [5.41, 5.74) is 0.646. The van der Waals surface area contributed by atoms with Crippen LogP contribution in [0.15, 0.2) is 41.3 Å². The van der Waals surface area contributed by atoms with E-state index in [0.29, 0.717) is 43.4 Å². The van der Waals surface area contributed by atoms with Gasteiger partial charge in [0.1, 0.15) is 0 Å². The first-order chi connectivity index (χ1) is 16.4. The summed E-state index contributed by atoms with van der Waals surface area (Å²) >= 11 is 0. The monoisotopic (exact) mass is 485 g/mol. The fourth-order valence-corrected chi connectivity index (χ4v) is 6.63. The molecule has 1 saturated heterocycles. The minimum absolute atomic E-state index is 0.0166. The number of carbonyl (C=O) groups excluding carboxylic acids is 2. The minimum Gasteiger partial charge on any atom is -0.343 e. The lowest BCUT2D eigenvalue weighted by Gasteiger charge is -2.32. The lowest BCUT2D eigenvalue weighted by Crippen LogP contribution is -2.46. The number of sulfonamides is 1. The number of hydrogen-bond acceptors (Lipinski definition) is 4. The summed E-state index contributed by atoms with van der Waals surface area (Å²) in [6.45, 7) is 3.12. The van der Waals surface area contributed by atoms with Crippen LogP contribution in [-0.2, 0) is 19.6 Å². The smallest absolute Gasteiger partial charge is 0.241 e. The third-order valence-electron chi connectivity index (χ3n) is 7.04. The summed E-state index contributed by atoms with van der Waals surface area (Å²) in [7, 11) is -3.77. The molecule has 2 aromatic carbocycles. The van der Waals surface area contributed by atoms with Crippen molar-refractivity contribution < 1.29 is 18.0 Å². The van der Waals surface area contributed by atoms with Gasteiger partial charge in [-0.25, -0.2) is 13.1 Å². The number of fused-ring (bicyclic) bond motifs is 1. The van der Waals surface area contributed by atoms with Gasteiger partial charge < -0.3 is 10.2 Å². The number of piperidine rings is 1. The molecule has 0 radical (unpaired) electrons. The molecule has 0 atom stereocenters. The van der Waals surface area contributed by atoms with Crippen LogP contribution >= 0.6 is 0 Å². The number of likely N-dealkylation sites (tertiary alicyclic amines) is 1. The van der Waals surface area contributed by atoms with E-state index in [4.69, 9.17) is 0 Å². The second-order valence-electron chi connectivity index (χ2n) is 9.51. The summed E-state index contributed by atoms with van der Waals surface area (Å²) < 4.78 is 29.5. The highest BCUT2D eigenvalue weighted by Crippen LogP contribution is 2.32. The molecule has 0 unspecified atom stereocenters. The predicted molar refractivity (Wildman–Crippen MR) is 134 cm³/mol. The van der Waals surface area contributed by atoms with E-state index in [9.17, 15) is 18.0 Å². The Morgan fingerprint density at radius 1 is 0.941 bits per heavy atom. The van der Waals surface area contributed by atoms with Gasteiger partial charge in [-0.1, -0.05) is 50.5 Å². The van der Waals surface area contributed by atoms with Crippen LogP contribution in [0.25, 0.3) is 10.8 Å². The molecule has 8 heteroatoms. The highest BCUT2D eigenvalue weighted by Gasteiger charge is 2.28. The number of amides is 2. The first-order valence-corrected chi connectivity index (χ1v) is 14.0. The largest absolute Gasteiger partial charge is 0.343 e. The Hall–Kier alpha value is -2.45. The molecule has 0 bridgehead atoms. The highest BCUT2D eigenvalue weighted by molar-refractivity contribution is 7.89. The molecular weight excluding hydrogens is 450 g/mol. The summed E-state index contributed by atoms with van der Waals surface area (Å²) in [4.78, 5) is 27.0. The van der Waals surface area contributed by atoms with Gasteiger partial charge in [0, 0.05) is 47.9 Å². The van der Waals surface area contributed by atoms with Crippen LogP contribution in [0.4, 0.5) is 5.69 Å². The number of benzene rings is 2. The van der Waals surface area contributed by atoms with Crippen molar-refractivity contribution in [3.8, 4) is 0 Å². The molecule has 1 saturated carbocycles. The Morgan fingerprint density at radius 2 is 1.62 bits per heavy atom. The van der Waals surface area contributed by atoms with Gasteiger partial charge in [-0.2, -0.15) is 0 Å². The van der Waals surface area contributed by atoms with Gasteiger partial charge in [-0.05, 0) is 44.2 Å². The zero-order valence-corrected chi connectivity index (χ0v) is 20.7. The SMILES string of the molecule is CCCC(=O)N1CCC(NS(=O)(=O)c2ccc(NC(=O)C3CCCCC3)c3ccccc23)CC1. The van der Waals surface area contributed by atoms with E-state index in [1.165, 1.54) is 6.42 Å². The van der Waals surface area contributed by atoms with Gasteiger partial charge in [-0.15, -0.1) is 0 Å². The standard InChI is InChI=1S/C26H35N3O4S/c1-2-8-25(30)29-17-15-20(16-18-29)28-34(32,33)24-14-13-23(21-11-6-7-12-22(21)24)27-26(31)19-9-4-3-5-10-19/h6-7,11-14,19-20,28H,2-5,8-10,15-18H2,1H3,(H,27,31). The van der Waals surface area contributed by atoms with Gasteiger partial charge in [0.25, 0.3) is 0 Å². The highest BCUT2D eigenvalue weighted by atomic mass is 32.2.